The van der Waals surface area contributed by atoms with E-state index in [9.17, 15) is 4.79 Å². The van der Waals surface area contributed by atoms with Crippen LogP contribution in [0.2, 0.25) is 0 Å². The van der Waals surface area contributed by atoms with Gasteiger partial charge < -0.3 is 28.8 Å². The normalized spacial score (nSPS) is 18.3. The number of likely N-dealkylation sites (N-methyl/N-ethyl adjacent to an activating group) is 1. The zero-order chi connectivity index (χ0) is 24.2. The number of rotatable bonds is 7. The first-order chi connectivity index (χ1) is 17.1. The molecule has 0 spiro atoms. The first kappa shape index (κ1) is 23.2. The summed E-state index contributed by atoms with van der Waals surface area (Å²) in [6.45, 7) is 5.41. The number of pyridine rings is 1. The number of hydrogen-bond acceptors (Lipinski definition) is 8. The van der Waals surface area contributed by atoms with E-state index in [0.717, 1.165) is 43.1 Å². The summed E-state index contributed by atoms with van der Waals surface area (Å²) in [5.41, 5.74) is 1.76. The van der Waals surface area contributed by atoms with Crippen molar-refractivity contribution >= 4 is 5.91 Å². The van der Waals surface area contributed by atoms with Crippen LogP contribution in [0.1, 0.15) is 16.3 Å². The highest BCUT2D eigenvalue weighted by Gasteiger charge is 2.25. The average molecular weight is 479 g/mol. The van der Waals surface area contributed by atoms with E-state index in [2.05, 4.69) is 27.1 Å². The van der Waals surface area contributed by atoms with Gasteiger partial charge in [0.15, 0.2) is 17.3 Å². The molecule has 3 aromatic rings. The molecule has 9 heteroatoms. The number of piperazine rings is 1. The molecule has 1 unspecified atom stereocenters. The van der Waals surface area contributed by atoms with E-state index in [-0.39, 0.29) is 12.0 Å². The number of hydrogen-bond donors (Lipinski definition) is 1. The van der Waals surface area contributed by atoms with Crippen molar-refractivity contribution in [1.82, 2.24) is 20.1 Å². The first-order valence-corrected chi connectivity index (χ1v) is 11.8. The Morgan fingerprint density at radius 3 is 2.77 bits per heavy atom. The second-order valence-corrected chi connectivity index (χ2v) is 8.83. The second-order valence-electron chi connectivity index (χ2n) is 8.83. The van der Waals surface area contributed by atoms with Crippen LogP contribution in [-0.2, 0) is 6.54 Å². The lowest BCUT2D eigenvalue weighted by molar-refractivity contribution is 0.0773. The van der Waals surface area contributed by atoms with Crippen LogP contribution in [0.4, 0.5) is 0 Å². The first-order valence-electron chi connectivity index (χ1n) is 11.8. The molecule has 9 nitrogen and oxygen atoms in total. The lowest BCUT2D eigenvalue weighted by atomic mass is 10.1. The smallest absolute Gasteiger partial charge is 0.287 e. The van der Waals surface area contributed by atoms with Gasteiger partial charge in [-0.25, -0.2) is 4.98 Å². The second kappa shape index (κ2) is 10.4. The van der Waals surface area contributed by atoms with Gasteiger partial charge in [-0.2, -0.15) is 0 Å². The van der Waals surface area contributed by atoms with Gasteiger partial charge in [0, 0.05) is 49.6 Å². The molecule has 35 heavy (non-hydrogen) atoms. The predicted molar refractivity (Wildman–Crippen MR) is 130 cm³/mol. The van der Waals surface area contributed by atoms with Crippen molar-refractivity contribution in [1.29, 1.82) is 0 Å². The summed E-state index contributed by atoms with van der Waals surface area (Å²) in [5, 5.41) is 2.91. The Morgan fingerprint density at radius 2 is 2.00 bits per heavy atom. The van der Waals surface area contributed by atoms with Gasteiger partial charge in [-0.1, -0.05) is 12.1 Å². The SMILES string of the molecule is COc1ccc(-c2cccc3c2OC(CNC(=O)c2ccc(CN4CCN(C)CC4)o2)CO3)cn1. The van der Waals surface area contributed by atoms with Crippen LogP contribution in [0.5, 0.6) is 17.4 Å². The Bertz CT molecular complexity index is 1150. The summed E-state index contributed by atoms with van der Waals surface area (Å²) < 4.78 is 23.1. The maximum Gasteiger partial charge on any atom is 0.287 e. The van der Waals surface area contributed by atoms with Gasteiger partial charge in [-0.3, -0.25) is 9.69 Å². The largest absolute Gasteiger partial charge is 0.486 e. The van der Waals surface area contributed by atoms with E-state index in [0.29, 0.717) is 42.8 Å². The van der Waals surface area contributed by atoms with Crippen molar-refractivity contribution in [2.24, 2.45) is 0 Å². The van der Waals surface area contributed by atoms with Crippen LogP contribution >= 0.6 is 0 Å². The number of carbonyl (C=O) groups excluding carboxylic acids is 1. The van der Waals surface area contributed by atoms with Gasteiger partial charge in [0.2, 0.25) is 5.88 Å². The number of carbonyl (C=O) groups is 1. The van der Waals surface area contributed by atoms with E-state index in [1.165, 1.54) is 0 Å². The monoisotopic (exact) mass is 478 g/mol. The van der Waals surface area contributed by atoms with Gasteiger partial charge in [-0.05, 0) is 31.3 Å². The molecule has 1 amide bonds. The molecule has 2 aliphatic heterocycles. The number of benzene rings is 1. The molecular formula is C26H30N4O5. The van der Waals surface area contributed by atoms with Gasteiger partial charge in [0.1, 0.15) is 18.5 Å². The van der Waals surface area contributed by atoms with Crippen molar-refractivity contribution in [2.45, 2.75) is 12.6 Å². The van der Waals surface area contributed by atoms with E-state index in [1.807, 2.05) is 30.3 Å². The van der Waals surface area contributed by atoms with E-state index < -0.39 is 0 Å². The fourth-order valence-electron chi connectivity index (χ4n) is 4.23. The number of amides is 1. The Kier molecular flexibility index (Phi) is 6.87. The third-order valence-electron chi connectivity index (χ3n) is 6.30. The fourth-order valence-corrected chi connectivity index (χ4v) is 4.23. The lowest BCUT2D eigenvalue weighted by Crippen LogP contribution is -2.43. The maximum absolute atomic E-state index is 12.7. The summed E-state index contributed by atoms with van der Waals surface area (Å²) in [6, 6.07) is 13.1. The summed E-state index contributed by atoms with van der Waals surface area (Å²) in [7, 11) is 3.71. The fraction of sp³-hybridized carbons (Fsp3) is 0.385. The molecule has 2 aromatic heterocycles. The molecule has 0 bridgehead atoms. The Hall–Kier alpha value is -3.56. The minimum absolute atomic E-state index is 0.267. The minimum atomic E-state index is -0.335. The minimum Gasteiger partial charge on any atom is -0.486 e. The molecule has 1 atom stereocenters. The standard InChI is InChI=1S/C26H30N4O5/c1-29-10-12-30(13-11-29)16-19-7-8-23(34-19)26(31)28-15-20-17-33-22-5-3-4-21(25(22)35-20)18-6-9-24(32-2)27-14-18/h3-9,14,20H,10-13,15-17H2,1-2H3,(H,28,31). The number of nitrogens with one attached hydrogen (secondary N) is 1. The van der Waals surface area contributed by atoms with Crippen molar-refractivity contribution in [2.75, 3.05) is 53.5 Å². The van der Waals surface area contributed by atoms with Crippen LogP contribution in [0.3, 0.4) is 0 Å². The maximum atomic E-state index is 12.7. The molecule has 4 heterocycles. The molecule has 1 fully saturated rings. The number of para-hydroxylation sites is 1. The van der Waals surface area contributed by atoms with Gasteiger partial charge in [0.05, 0.1) is 20.2 Å². The third-order valence-corrected chi connectivity index (χ3v) is 6.30. The van der Waals surface area contributed by atoms with E-state index in [4.69, 9.17) is 18.6 Å². The zero-order valence-electron chi connectivity index (χ0n) is 20.0. The summed E-state index contributed by atoms with van der Waals surface area (Å²) in [5.74, 6) is 2.68. The number of ether oxygens (including phenoxy) is 3. The molecule has 5 rings (SSSR count). The van der Waals surface area contributed by atoms with Crippen molar-refractivity contribution < 1.29 is 23.4 Å². The molecule has 1 saturated heterocycles. The van der Waals surface area contributed by atoms with Crippen LogP contribution in [0.15, 0.2) is 53.1 Å². The highest BCUT2D eigenvalue weighted by atomic mass is 16.6. The molecule has 0 aliphatic carbocycles. The van der Waals surface area contributed by atoms with Crippen LogP contribution < -0.4 is 19.5 Å². The zero-order valence-corrected chi connectivity index (χ0v) is 20.0. The average Bonchev–Trinajstić information content (AvgIpc) is 3.37. The summed E-state index contributed by atoms with van der Waals surface area (Å²) in [4.78, 5) is 21.6. The predicted octanol–water partition coefficient (Wildman–Crippen LogP) is 2.67. The van der Waals surface area contributed by atoms with Crippen molar-refractivity contribution in [3.05, 3.63) is 60.2 Å². The molecule has 184 valence electrons. The number of fused-ring (bicyclic) bond motifs is 1. The van der Waals surface area contributed by atoms with Gasteiger partial charge in [0.25, 0.3) is 5.91 Å². The summed E-state index contributed by atoms with van der Waals surface area (Å²) in [6.07, 6.45) is 1.40. The van der Waals surface area contributed by atoms with Crippen LogP contribution in [0, 0.1) is 0 Å². The van der Waals surface area contributed by atoms with Gasteiger partial charge >= 0.3 is 0 Å². The number of nitrogens with zero attached hydrogens (tertiary/aromatic N) is 3. The number of aromatic nitrogens is 1. The molecule has 1 aromatic carbocycles. The van der Waals surface area contributed by atoms with Crippen LogP contribution in [0.25, 0.3) is 11.1 Å². The lowest BCUT2D eigenvalue weighted by Gasteiger charge is -2.31. The van der Waals surface area contributed by atoms with Crippen molar-refractivity contribution in [3.63, 3.8) is 0 Å². The van der Waals surface area contributed by atoms with E-state index >= 15 is 0 Å². The molecule has 1 N–H and O–H groups in total. The number of furan rings is 1. The van der Waals surface area contributed by atoms with Gasteiger partial charge in [-0.15, -0.1) is 0 Å². The molecule has 0 saturated carbocycles. The number of methoxy groups -OCH3 is 1. The molecular weight excluding hydrogens is 448 g/mol. The topological polar surface area (TPSA) is 89.3 Å². The highest BCUT2D eigenvalue weighted by molar-refractivity contribution is 5.91. The van der Waals surface area contributed by atoms with E-state index in [1.54, 1.807) is 25.4 Å². The Labute approximate surface area is 204 Å². The van der Waals surface area contributed by atoms with Crippen molar-refractivity contribution in [3.8, 4) is 28.5 Å². The quantitative estimate of drug-likeness (QED) is 0.555. The Balaban J connectivity index is 1.18. The molecule has 2 aliphatic rings. The highest BCUT2D eigenvalue weighted by Crippen LogP contribution is 2.40. The summed E-state index contributed by atoms with van der Waals surface area (Å²) >= 11 is 0. The Morgan fingerprint density at radius 1 is 1.14 bits per heavy atom. The molecule has 0 radical (unpaired) electrons. The third kappa shape index (κ3) is 5.41. The van der Waals surface area contributed by atoms with Crippen LogP contribution in [-0.4, -0.2) is 80.3 Å².